The van der Waals surface area contributed by atoms with Crippen molar-refractivity contribution in [2.24, 2.45) is 5.92 Å². The van der Waals surface area contributed by atoms with Gasteiger partial charge in [0.25, 0.3) is 11.8 Å². The summed E-state index contributed by atoms with van der Waals surface area (Å²) >= 11 is 0. The molecule has 1 heterocycles. The van der Waals surface area contributed by atoms with Gasteiger partial charge in [-0.25, -0.2) is 9.29 Å². The van der Waals surface area contributed by atoms with Crippen LogP contribution >= 0.6 is 0 Å². The molecule has 0 radical (unpaired) electrons. The molecule has 0 atom stereocenters. The topological polar surface area (TPSA) is 49.9 Å². The first-order valence-electron chi connectivity index (χ1n) is 11.2. The molecule has 1 aliphatic heterocycles. The van der Waals surface area contributed by atoms with Crippen LogP contribution in [-0.2, 0) is 16.1 Å². The van der Waals surface area contributed by atoms with Crippen LogP contribution in [0.2, 0.25) is 0 Å². The quantitative estimate of drug-likeness (QED) is 0.431. The van der Waals surface area contributed by atoms with Gasteiger partial charge in [-0.1, -0.05) is 56.3 Å². The maximum Gasteiger partial charge on any atom is 0.282 e. The molecule has 34 heavy (non-hydrogen) atoms. The lowest BCUT2D eigenvalue weighted by Gasteiger charge is -2.21. The molecule has 0 N–H and O–H groups in total. The molecule has 0 saturated carbocycles. The van der Waals surface area contributed by atoms with Crippen LogP contribution in [0.15, 0.2) is 84.6 Å². The standard InChI is InChI=1S/C28H27FN2O3/c1-19(2)18-34-24-15-9-21(10-16-24)25-26(30(3)17-20-7-5-4-6-8-20)28(33)31(27(25)32)23-13-11-22(29)12-14-23/h4-16,19H,17-18H2,1-3H3. The third kappa shape index (κ3) is 4.86. The van der Waals surface area contributed by atoms with Crippen molar-refractivity contribution in [2.45, 2.75) is 20.4 Å². The molecule has 0 aromatic heterocycles. The van der Waals surface area contributed by atoms with Gasteiger partial charge in [0, 0.05) is 13.6 Å². The van der Waals surface area contributed by atoms with Crippen molar-refractivity contribution in [1.29, 1.82) is 0 Å². The largest absolute Gasteiger partial charge is 0.493 e. The third-order valence-electron chi connectivity index (χ3n) is 5.51. The van der Waals surface area contributed by atoms with Gasteiger partial charge in [0.1, 0.15) is 17.3 Å². The molecule has 0 spiro atoms. The van der Waals surface area contributed by atoms with Crippen molar-refractivity contribution in [1.82, 2.24) is 4.90 Å². The average Bonchev–Trinajstić information content (AvgIpc) is 3.09. The third-order valence-corrected chi connectivity index (χ3v) is 5.51. The van der Waals surface area contributed by atoms with Crippen molar-refractivity contribution >= 4 is 23.1 Å². The van der Waals surface area contributed by atoms with Crippen LogP contribution in [0, 0.1) is 11.7 Å². The van der Waals surface area contributed by atoms with Crippen molar-refractivity contribution < 1.29 is 18.7 Å². The minimum absolute atomic E-state index is 0.300. The van der Waals surface area contributed by atoms with Gasteiger partial charge < -0.3 is 9.64 Å². The Bertz CT molecular complexity index is 1200. The number of amides is 2. The summed E-state index contributed by atoms with van der Waals surface area (Å²) in [7, 11) is 1.79. The van der Waals surface area contributed by atoms with Gasteiger partial charge in [0.05, 0.1) is 17.9 Å². The van der Waals surface area contributed by atoms with E-state index in [4.69, 9.17) is 4.74 Å². The van der Waals surface area contributed by atoms with Crippen molar-refractivity contribution in [3.63, 3.8) is 0 Å². The summed E-state index contributed by atoms with van der Waals surface area (Å²) in [6.07, 6.45) is 0. The molecule has 0 saturated heterocycles. The van der Waals surface area contributed by atoms with E-state index in [9.17, 15) is 14.0 Å². The zero-order valence-corrected chi connectivity index (χ0v) is 19.5. The maximum absolute atomic E-state index is 13.6. The van der Waals surface area contributed by atoms with Crippen LogP contribution in [-0.4, -0.2) is 30.4 Å². The summed E-state index contributed by atoms with van der Waals surface area (Å²) in [4.78, 5) is 30.0. The number of halogens is 1. The predicted molar refractivity (Wildman–Crippen MR) is 130 cm³/mol. The van der Waals surface area contributed by atoms with E-state index in [0.29, 0.717) is 47.3 Å². The molecule has 4 rings (SSSR count). The molecule has 3 aromatic rings. The molecule has 0 bridgehead atoms. The summed E-state index contributed by atoms with van der Waals surface area (Å²) in [5.41, 5.74) is 2.57. The Balaban J connectivity index is 1.72. The van der Waals surface area contributed by atoms with E-state index >= 15 is 0 Å². The number of likely N-dealkylation sites (N-methyl/N-ethyl adjacent to an activating group) is 1. The predicted octanol–water partition coefficient (Wildman–Crippen LogP) is 5.28. The zero-order chi connectivity index (χ0) is 24.2. The van der Waals surface area contributed by atoms with Gasteiger partial charge in [-0.15, -0.1) is 0 Å². The van der Waals surface area contributed by atoms with Crippen molar-refractivity contribution in [3.05, 3.63) is 102 Å². The highest BCUT2D eigenvalue weighted by Crippen LogP contribution is 2.35. The van der Waals surface area contributed by atoms with E-state index in [1.54, 1.807) is 36.2 Å². The van der Waals surface area contributed by atoms with Crippen LogP contribution < -0.4 is 9.64 Å². The number of anilines is 1. The lowest BCUT2D eigenvalue weighted by Crippen LogP contribution is -2.34. The van der Waals surface area contributed by atoms with Crippen LogP contribution in [0.1, 0.15) is 25.0 Å². The van der Waals surface area contributed by atoms with E-state index < -0.39 is 17.6 Å². The Kier molecular flexibility index (Phi) is 6.77. The SMILES string of the molecule is CC(C)COc1ccc(C2=C(N(C)Cc3ccccc3)C(=O)N(c3ccc(F)cc3)C2=O)cc1. The Morgan fingerprint density at radius 3 is 2.15 bits per heavy atom. The first-order valence-corrected chi connectivity index (χ1v) is 11.2. The molecule has 0 fully saturated rings. The van der Waals surface area contributed by atoms with Crippen LogP contribution in [0.5, 0.6) is 5.75 Å². The zero-order valence-electron chi connectivity index (χ0n) is 19.5. The van der Waals surface area contributed by atoms with Crippen LogP contribution in [0.3, 0.4) is 0 Å². The average molecular weight is 459 g/mol. The highest BCUT2D eigenvalue weighted by atomic mass is 19.1. The number of ether oxygens (including phenoxy) is 1. The molecule has 2 amide bonds. The molecular weight excluding hydrogens is 431 g/mol. The first kappa shape index (κ1) is 23.2. The molecule has 6 heteroatoms. The van der Waals surface area contributed by atoms with Crippen LogP contribution in [0.25, 0.3) is 5.57 Å². The summed E-state index contributed by atoms with van der Waals surface area (Å²) in [6.45, 7) is 5.18. The van der Waals surface area contributed by atoms with Crippen LogP contribution in [0.4, 0.5) is 10.1 Å². The molecule has 5 nitrogen and oxygen atoms in total. The second-order valence-corrected chi connectivity index (χ2v) is 8.72. The number of rotatable bonds is 8. The van der Waals surface area contributed by atoms with Crippen molar-refractivity contribution in [3.8, 4) is 5.75 Å². The number of hydrogen-bond acceptors (Lipinski definition) is 4. The maximum atomic E-state index is 13.6. The number of nitrogens with zero attached hydrogens (tertiary/aromatic N) is 2. The molecule has 174 valence electrons. The second-order valence-electron chi connectivity index (χ2n) is 8.72. The summed E-state index contributed by atoms with van der Waals surface area (Å²) in [5.74, 6) is -0.231. The normalized spacial score (nSPS) is 13.7. The van der Waals surface area contributed by atoms with E-state index in [2.05, 4.69) is 13.8 Å². The molecule has 0 unspecified atom stereocenters. The van der Waals surface area contributed by atoms with Gasteiger partial charge in [-0.2, -0.15) is 0 Å². The smallest absolute Gasteiger partial charge is 0.282 e. The van der Waals surface area contributed by atoms with E-state index in [0.717, 1.165) is 10.5 Å². The fourth-order valence-corrected chi connectivity index (χ4v) is 3.87. The fraction of sp³-hybridized carbons (Fsp3) is 0.214. The number of benzene rings is 3. The number of hydrogen-bond donors (Lipinski definition) is 0. The molecule has 0 aliphatic carbocycles. The van der Waals surface area contributed by atoms with Gasteiger partial charge in [0.2, 0.25) is 0 Å². The fourth-order valence-electron chi connectivity index (χ4n) is 3.87. The van der Waals surface area contributed by atoms with E-state index in [1.807, 2.05) is 30.3 Å². The second kappa shape index (κ2) is 9.91. The molecule has 3 aromatic carbocycles. The molecular formula is C28H27FN2O3. The number of imide groups is 1. The Labute approximate surface area is 199 Å². The van der Waals surface area contributed by atoms with Crippen molar-refractivity contribution in [2.75, 3.05) is 18.6 Å². The monoisotopic (exact) mass is 458 g/mol. The van der Waals surface area contributed by atoms with Gasteiger partial charge in [-0.05, 0) is 53.4 Å². The Morgan fingerprint density at radius 2 is 1.53 bits per heavy atom. The summed E-state index contributed by atoms with van der Waals surface area (Å²) < 4.78 is 19.3. The summed E-state index contributed by atoms with van der Waals surface area (Å²) in [5, 5.41) is 0. The lowest BCUT2D eigenvalue weighted by atomic mass is 10.0. The van der Waals surface area contributed by atoms with E-state index in [1.165, 1.54) is 24.3 Å². The highest BCUT2D eigenvalue weighted by molar-refractivity contribution is 6.45. The number of carbonyl (C=O) groups excluding carboxylic acids is 2. The van der Waals surface area contributed by atoms with Gasteiger partial charge in [0.15, 0.2) is 0 Å². The van der Waals surface area contributed by atoms with E-state index in [-0.39, 0.29) is 0 Å². The summed E-state index contributed by atoms with van der Waals surface area (Å²) in [6, 6.07) is 22.3. The minimum Gasteiger partial charge on any atom is -0.493 e. The number of carbonyl (C=O) groups is 2. The van der Waals surface area contributed by atoms with Gasteiger partial charge >= 0.3 is 0 Å². The Morgan fingerprint density at radius 1 is 0.882 bits per heavy atom. The Hall–Kier alpha value is -3.93. The first-order chi connectivity index (χ1) is 16.3. The lowest BCUT2D eigenvalue weighted by molar-refractivity contribution is -0.120. The highest BCUT2D eigenvalue weighted by Gasteiger charge is 2.41. The minimum atomic E-state index is -0.442. The molecule has 1 aliphatic rings. The van der Waals surface area contributed by atoms with Gasteiger partial charge in [-0.3, -0.25) is 9.59 Å².